The molecule has 140 valence electrons. The van der Waals surface area contributed by atoms with E-state index in [1.165, 1.54) is 0 Å². The number of carboxylic acids is 6. The third kappa shape index (κ3) is 3.61. The minimum absolute atomic E-state index is 0.315. The lowest BCUT2D eigenvalue weighted by molar-refractivity contribution is -0.153. The molecular formula is C13H10O13. The maximum atomic E-state index is 11.3. The van der Waals surface area contributed by atoms with Crippen LogP contribution in [0.4, 0.5) is 0 Å². The normalized spacial score (nSPS) is 10.9. The molecule has 6 N–H and O–H groups in total. The molecule has 0 radical (unpaired) electrons. The van der Waals surface area contributed by atoms with Crippen molar-refractivity contribution in [3.63, 3.8) is 0 Å². The van der Waals surface area contributed by atoms with Gasteiger partial charge < -0.3 is 35.1 Å². The standard InChI is InChI=1S/C13H10O13/c14-8(15)4(9(16)17)2-1-26-7(6(12(22)23)13(24)25)3(2)5(10(18)19)11(20)21/h1,4-6H,(H,14,15)(H,16,17)(H,18,19)(H,20,21)(H,22,23)(H,24,25). The largest absolute Gasteiger partial charge is 0.480 e. The summed E-state index contributed by atoms with van der Waals surface area (Å²) in [6, 6.07) is 0. The summed E-state index contributed by atoms with van der Waals surface area (Å²) in [6.45, 7) is 0. The van der Waals surface area contributed by atoms with Crippen molar-refractivity contribution >= 4 is 35.8 Å². The van der Waals surface area contributed by atoms with Gasteiger partial charge in [-0.15, -0.1) is 0 Å². The van der Waals surface area contributed by atoms with Gasteiger partial charge in [0.05, 0.1) is 6.26 Å². The Bertz CT molecular complexity index is 709. The van der Waals surface area contributed by atoms with Gasteiger partial charge in [0.2, 0.25) is 5.92 Å². The minimum Gasteiger partial charge on any atom is -0.480 e. The topological polar surface area (TPSA) is 237 Å². The van der Waals surface area contributed by atoms with Crippen LogP contribution < -0.4 is 0 Å². The molecule has 0 spiro atoms. The molecule has 0 fully saturated rings. The first-order chi connectivity index (χ1) is 11.9. The van der Waals surface area contributed by atoms with Crippen LogP contribution in [0.2, 0.25) is 0 Å². The SMILES string of the molecule is O=C(O)C(C(=O)O)c1coc(C(C(=O)O)C(=O)O)c1C(C(=O)O)C(=O)O. The van der Waals surface area contributed by atoms with E-state index in [1.54, 1.807) is 0 Å². The number of hydrogen-bond donors (Lipinski definition) is 6. The van der Waals surface area contributed by atoms with Crippen LogP contribution in [-0.2, 0) is 28.8 Å². The summed E-state index contributed by atoms with van der Waals surface area (Å²) in [4.78, 5) is 67.1. The Kier molecular flexibility index (Phi) is 5.68. The molecule has 1 aromatic heterocycles. The van der Waals surface area contributed by atoms with Gasteiger partial charge in [-0.3, -0.25) is 28.8 Å². The number of carbonyl (C=O) groups is 6. The van der Waals surface area contributed by atoms with Crippen molar-refractivity contribution in [2.45, 2.75) is 17.8 Å². The van der Waals surface area contributed by atoms with Crippen molar-refractivity contribution in [1.29, 1.82) is 0 Å². The molecule has 1 heterocycles. The van der Waals surface area contributed by atoms with Crippen molar-refractivity contribution in [3.05, 3.63) is 23.2 Å². The fourth-order valence-corrected chi connectivity index (χ4v) is 2.21. The van der Waals surface area contributed by atoms with Crippen LogP contribution >= 0.6 is 0 Å². The molecule has 0 bridgehead atoms. The summed E-state index contributed by atoms with van der Waals surface area (Å²) in [6.07, 6.45) is 0.315. The first kappa shape index (κ1) is 20.1. The molecule has 13 nitrogen and oxygen atoms in total. The predicted octanol–water partition coefficient (Wildman–Crippen LogP) is -0.962. The lowest BCUT2D eigenvalue weighted by atomic mass is 9.86. The number of furan rings is 1. The zero-order chi connectivity index (χ0) is 20.3. The van der Waals surface area contributed by atoms with Crippen LogP contribution in [0.25, 0.3) is 0 Å². The molecule has 26 heavy (non-hydrogen) atoms. The molecule has 0 unspecified atom stereocenters. The van der Waals surface area contributed by atoms with Gasteiger partial charge in [-0.05, 0) is 0 Å². The van der Waals surface area contributed by atoms with E-state index in [-0.39, 0.29) is 0 Å². The molecule has 1 aromatic rings. The molecule has 0 saturated heterocycles. The van der Waals surface area contributed by atoms with Crippen LogP contribution in [0.15, 0.2) is 10.7 Å². The van der Waals surface area contributed by atoms with E-state index in [9.17, 15) is 28.8 Å². The molecule has 0 aliphatic rings. The van der Waals surface area contributed by atoms with E-state index in [4.69, 9.17) is 30.6 Å². The highest BCUT2D eigenvalue weighted by atomic mass is 16.4. The molecule has 0 atom stereocenters. The zero-order valence-electron chi connectivity index (χ0n) is 12.4. The van der Waals surface area contributed by atoms with Crippen LogP contribution in [0, 0.1) is 0 Å². The number of rotatable bonds is 9. The minimum atomic E-state index is -2.67. The fourth-order valence-electron chi connectivity index (χ4n) is 2.21. The Morgan fingerprint density at radius 2 is 0.962 bits per heavy atom. The third-order valence-electron chi connectivity index (χ3n) is 3.23. The lowest BCUT2D eigenvalue weighted by Gasteiger charge is -2.15. The Labute approximate surface area is 141 Å². The monoisotopic (exact) mass is 374 g/mol. The first-order valence-corrected chi connectivity index (χ1v) is 6.39. The Morgan fingerprint density at radius 3 is 1.27 bits per heavy atom. The molecule has 1 rings (SSSR count). The highest BCUT2D eigenvalue weighted by Crippen LogP contribution is 2.36. The second-order valence-corrected chi connectivity index (χ2v) is 4.80. The van der Waals surface area contributed by atoms with Crippen LogP contribution in [0.1, 0.15) is 34.6 Å². The first-order valence-electron chi connectivity index (χ1n) is 6.39. The highest BCUT2D eigenvalue weighted by molar-refractivity contribution is 6.05. The maximum Gasteiger partial charge on any atom is 0.325 e. The van der Waals surface area contributed by atoms with Crippen molar-refractivity contribution < 1.29 is 63.8 Å². The van der Waals surface area contributed by atoms with Gasteiger partial charge in [0.1, 0.15) is 5.76 Å². The van der Waals surface area contributed by atoms with Crippen molar-refractivity contribution in [3.8, 4) is 0 Å². The summed E-state index contributed by atoms with van der Waals surface area (Å²) in [5.74, 6) is -21.5. The van der Waals surface area contributed by atoms with Gasteiger partial charge in [0.25, 0.3) is 0 Å². The molecule has 0 saturated carbocycles. The van der Waals surface area contributed by atoms with Crippen LogP contribution in [0.3, 0.4) is 0 Å². The van der Waals surface area contributed by atoms with Crippen LogP contribution in [-0.4, -0.2) is 66.5 Å². The van der Waals surface area contributed by atoms with Crippen LogP contribution in [0.5, 0.6) is 0 Å². The fraction of sp³-hybridized carbons (Fsp3) is 0.231. The van der Waals surface area contributed by atoms with Crippen molar-refractivity contribution in [1.82, 2.24) is 0 Å². The summed E-state index contributed by atoms with van der Waals surface area (Å²) >= 11 is 0. The van der Waals surface area contributed by atoms with E-state index >= 15 is 0 Å². The average molecular weight is 374 g/mol. The molecule has 0 aromatic carbocycles. The second-order valence-electron chi connectivity index (χ2n) is 4.80. The highest BCUT2D eigenvalue weighted by Gasteiger charge is 2.45. The summed E-state index contributed by atoms with van der Waals surface area (Å²) in [5.41, 5.74) is -2.17. The van der Waals surface area contributed by atoms with Gasteiger partial charge in [-0.2, -0.15) is 0 Å². The Hall–Kier alpha value is -3.90. The van der Waals surface area contributed by atoms with Gasteiger partial charge in [0.15, 0.2) is 11.8 Å². The predicted molar refractivity (Wildman–Crippen MR) is 72.7 cm³/mol. The van der Waals surface area contributed by atoms with E-state index in [1.807, 2.05) is 0 Å². The van der Waals surface area contributed by atoms with E-state index in [0.29, 0.717) is 6.26 Å². The second kappa shape index (κ2) is 7.33. The summed E-state index contributed by atoms with van der Waals surface area (Å²) in [7, 11) is 0. The molecule has 13 heteroatoms. The smallest absolute Gasteiger partial charge is 0.325 e. The average Bonchev–Trinajstić information content (AvgIpc) is 2.81. The Balaban J connectivity index is 3.90. The quantitative estimate of drug-likeness (QED) is 0.286. The van der Waals surface area contributed by atoms with Crippen molar-refractivity contribution in [2.24, 2.45) is 0 Å². The molecular weight excluding hydrogens is 364 g/mol. The summed E-state index contributed by atoms with van der Waals surface area (Å²) < 4.78 is 4.63. The van der Waals surface area contributed by atoms with Gasteiger partial charge in [0, 0.05) is 11.1 Å². The molecule has 0 amide bonds. The van der Waals surface area contributed by atoms with Gasteiger partial charge >= 0.3 is 35.8 Å². The van der Waals surface area contributed by atoms with Gasteiger partial charge in [-0.1, -0.05) is 0 Å². The molecule has 0 aliphatic heterocycles. The maximum absolute atomic E-state index is 11.3. The van der Waals surface area contributed by atoms with E-state index in [0.717, 1.165) is 0 Å². The van der Waals surface area contributed by atoms with Crippen molar-refractivity contribution in [2.75, 3.05) is 0 Å². The number of hydrogen-bond acceptors (Lipinski definition) is 7. The summed E-state index contributed by atoms with van der Waals surface area (Å²) in [5, 5.41) is 54.1. The number of aliphatic carboxylic acids is 6. The Morgan fingerprint density at radius 1 is 0.615 bits per heavy atom. The lowest BCUT2D eigenvalue weighted by Crippen LogP contribution is -2.29. The van der Waals surface area contributed by atoms with Gasteiger partial charge in [-0.25, -0.2) is 0 Å². The van der Waals surface area contributed by atoms with E-state index < -0.39 is 70.5 Å². The number of carboxylic acid groups (broad SMARTS) is 6. The molecule has 0 aliphatic carbocycles. The third-order valence-corrected chi connectivity index (χ3v) is 3.23. The zero-order valence-corrected chi connectivity index (χ0v) is 12.4. The van der Waals surface area contributed by atoms with E-state index in [2.05, 4.69) is 4.42 Å².